The minimum atomic E-state index is -3.05. The van der Waals surface area contributed by atoms with Crippen molar-refractivity contribution in [3.8, 4) is 51.0 Å². The SMILES string of the molecule is CN(C)[C@H]1C(=O)C(C(N)=O)=C(O)[C@]2(O)C(=O)C3=C(O)c4c(O)c(-c5cccc6c5OCO6)cc(-c5ccc6c(c5)OCO6)c4[CH][C@@H]3[C@@H](O)[C@H]12. The summed E-state index contributed by atoms with van der Waals surface area (Å²) in [7, 11) is 2.88. The summed E-state index contributed by atoms with van der Waals surface area (Å²) in [4.78, 5) is 41.5. The molecule has 1 amide bonds. The van der Waals surface area contributed by atoms with Gasteiger partial charge in [-0.2, -0.15) is 0 Å². The van der Waals surface area contributed by atoms with Crippen molar-refractivity contribution >= 4 is 23.2 Å². The number of nitrogens with two attached hydrogens (primary N) is 1. The highest BCUT2D eigenvalue weighted by atomic mass is 16.7. The maximum Gasteiger partial charge on any atom is 0.255 e. The number of Topliss-reactive ketones (excluding diaryl/α,β-unsaturated/α-hetero) is 2. The van der Waals surface area contributed by atoms with Gasteiger partial charge in [0.15, 0.2) is 34.4 Å². The first-order valence-corrected chi connectivity index (χ1v) is 15.2. The van der Waals surface area contributed by atoms with Crippen molar-refractivity contribution in [3.05, 3.63) is 76.9 Å². The summed E-state index contributed by atoms with van der Waals surface area (Å²) in [6, 6.07) is 10.4. The highest BCUT2D eigenvalue weighted by Crippen LogP contribution is 2.57. The van der Waals surface area contributed by atoms with Gasteiger partial charge in [0, 0.05) is 29.0 Å². The smallest absolute Gasteiger partial charge is 0.255 e. The molecule has 1 radical (unpaired) electrons. The Morgan fingerprint density at radius 3 is 2.37 bits per heavy atom. The summed E-state index contributed by atoms with van der Waals surface area (Å²) in [6.07, 6.45) is -0.317. The van der Waals surface area contributed by atoms with E-state index in [4.69, 9.17) is 24.7 Å². The van der Waals surface area contributed by atoms with Crippen LogP contribution in [-0.2, 0) is 14.4 Å². The zero-order valence-corrected chi connectivity index (χ0v) is 26.0. The molecule has 2 aliphatic heterocycles. The molecule has 7 N–H and O–H groups in total. The molecular weight excluding hydrogens is 640 g/mol. The Hall–Kier alpha value is -5.57. The highest BCUT2D eigenvalue weighted by molar-refractivity contribution is 6.24. The molecule has 0 aromatic heterocycles. The number of fused-ring (bicyclic) bond motifs is 5. The van der Waals surface area contributed by atoms with E-state index in [1.807, 2.05) is 0 Å². The summed E-state index contributed by atoms with van der Waals surface area (Å²) < 4.78 is 22.3. The van der Waals surface area contributed by atoms with Gasteiger partial charge in [0.2, 0.25) is 19.4 Å². The fourth-order valence-corrected chi connectivity index (χ4v) is 7.75. The lowest BCUT2D eigenvalue weighted by Crippen LogP contribution is -2.70. The number of aliphatic hydroxyl groups is 4. The average Bonchev–Trinajstić information content (AvgIpc) is 3.74. The van der Waals surface area contributed by atoms with Gasteiger partial charge in [0.25, 0.3) is 5.91 Å². The van der Waals surface area contributed by atoms with Crippen molar-refractivity contribution in [1.29, 1.82) is 0 Å². The topological polar surface area (TPSA) is 219 Å². The number of amides is 1. The minimum Gasteiger partial charge on any atom is -0.508 e. The second kappa shape index (κ2) is 10.5. The third kappa shape index (κ3) is 4.02. The van der Waals surface area contributed by atoms with Gasteiger partial charge in [-0.25, -0.2) is 0 Å². The van der Waals surface area contributed by atoms with Gasteiger partial charge in [-0.1, -0.05) is 18.2 Å². The second-order valence-electron chi connectivity index (χ2n) is 12.6. The molecule has 49 heavy (non-hydrogen) atoms. The zero-order valence-electron chi connectivity index (χ0n) is 26.0. The molecular formula is C35H29N2O12. The third-order valence-corrected chi connectivity index (χ3v) is 9.95. The largest absolute Gasteiger partial charge is 0.508 e. The van der Waals surface area contributed by atoms with Crippen LogP contribution in [0.2, 0.25) is 0 Å². The lowest BCUT2D eigenvalue weighted by atomic mass is 9.56. The van der Waals surface area contributed by atoms with E-state index in [1.54, 1.807) is 42.5 Å². The van der Waals surface area contributed by atoms with Crippen LogP contribution in [-0.4, -0.2) is 93.3 Å². The quantitative estimate of drug-likeness (QED) is 0.218. The number of carbonyl (C=O) groups is 3. The predicted octanol–water partition coefficient (Wildman–Crippen LogP) is 1.74. The summed E-state index contributed by atoms with van der Waals surface area (Å²) >= 11 is 0. The molecule has 3 aromatic carbocycles. The van der Waals surface area contributed by atoms with E-state index >= 15 is 0 Å². The van der Waals surface area contributed by atoms with Crippen molar-refractivity contribution in [3.63, 3.8) is 0 Å². The number of nitrogens with zero attached hydrogens (tertiary/aromatic N) is 1. The van der Waals surface area contributed by atoms with Crippen LogP contribution in [0.4, 0.5) is 0 Å². The van der Waals surface area contributed by atoms with Gasteiger partial charge in [-0.05, 0) is 55.1 Å². The standard InChI is InChI=1S/C35H29N2O12/c1-37(2)26-25-28(39)18-10-16-15(13-6-7-19-21(8-13)48-11-46-19)9-17(14-4-3-5-20-31(14)49-12-47-20)27(38)22(16)29(40)23(18)32(42)35(25,45)33(43)24(30(26)41)34(36)44/h3-10,18,25-26,28,38-40,43,45H,11-12H2,1-2H3,(H2,36,44)/t18-,25-,26+,28+,35+/m0/s1. The second-order valence-corrected chi connectivity index (χ2v) is 12.6. The van der Waals surface area contributed by atoms with Crippen molar-refractivity contribution in [2.75, 3.05) is 27.7 Å². The normalized spacial score (nSPS) is 26.6. The fourth-order valence-electron chi connectivity index (χ4n) is 7.75. The number of hydrogen-bond acceptors (Lipinski definition) is 13. The van der Waals surface area contributed by atoms with Crippen molar-refractivity contribution in [1.82, 2.24) is 4.90 Å². The number of phenolic OH excluding ortho intramolecular Hbond substituents is 1. The lowest BCUT2D eigenvalue weighted by molar-refractivity contribution is -0.167. The Bertz CT molecular complexity index is 2100. The molecule has 1 fully saturated rings. The summed E-state index contributed by atoms with van der Waals surface area (Å²) in [6.45, 7) is -0.0554. The van der Waals surface area contributed by atoms with Gasteiger partial charge in [-0.3, -0.25) is 19.3 Å². The van der Waals surface area contributed by atoms with Crippen LogP contribution in [0.1, 0.15) is 11.1 Å². The van der Waals surface area contributed by atoms with Gasteiger partial charge in [0.1, 0.15) is 22.8 Å². The molecule has 251 valence electrons. The Kier molecular flexibility index (Phi) is 6.56. The first kappa shape index (κ1) is 30.7. The Balaban J connectivity index is 1.40. The fraction of sp³-hybridized carbons (Fsp3) is 0.257. The van der Waals surface area contributed by atoms with E-state index in [2.05, 4.69) is 0 Å². The number of primary amides is 1. The van der Waals surface area contributed by atoms with E-state index in [1.165, 1.54) is 25.4 Å². The summed E-state index contributed by atoms with van der Waals surface area (Å²) in [5.41, 5.74) is 2.39. The predicted molar refractivity (Wildman–Crippen MR) is 168 cm³/mol. The van der Waals surface area contributed by atoms with E-state index in [9.17, 15) is 39.9 Å². The maximum absolute atomic E-state index is 14.4. The van der Waals surface area contributed by atoms with Crippen LogP contribution in [0, 0.1) is 18.3 Å². The van der Waals surface area contributed by atoms with Gasteiger partial charge in [-0.15, -0.1) is 0 Å². The summed E-state index contributed by atoms with van der Waals surface area (Å²) in [5, 5.41) is 59.0. The maximum atomic E-state index is 14.4. The lowest BCUT2D eigenvalue weighted by Gasteiger charge is -2.52. The number of phenols is 1. The first-order valence-electron chi connectivity index (χ1n) is 15.2. The number of likely N-dealkylation sites (N-methyl/N-ethyl adjacent to an activating group) is 1. The van der Waals surface area contributed by atoms with E-state index in [-0.39, 0.29) is 30.3 Å². The number of carbonyl (C=O) groups excluding carboxylic acids is 3. The monoisotopic (exact) mass is 669 g/mol. The number of aromatic hydroxyl groups is 1. The molecule has 14 nitrogen and oxygen atoms in total. The molecule has 1 saturated carbocycles. The van der Waals surface area contributed by atoms with Crippen LogP contribution >= 0.6 is 0 Å². The molecule has 8 rings (SSSR count). The van der Waals surface area contributed by atoms with Crippen molar-refractivity contribution in [2.45, 2.75) is 17.7 Å². The van der Waals surface area contributed by atoms with Crippen LogP contribution < -0.4 is 24.7 Å². The van der Waals surface area contributed by atoms with Gasteiger partial charge >= 0.3 is 0 Å². The molecule has 0 spiro atoms. The van der Waals surface area contributed by atoms with E-state index < -0.39 is 75.5 Å². The number of aliphatic hydroxyl groups excluding tert-OH is 3. The average molecular weight is 670 g/mol. The summed E-state index contributed by atoms with van der Waals surface area (Å²) in [5.74, 6) is -7.60. The van der Waals surface area contributed by atoms with Crippen molar-refractivity contribution in [2.24, 2.45) is 17.6 Å². The number of ketones is 2. The molecule has 14 heteroatoms. The van der Waals surface area contributed by atoms with Gasteiger partial charge in [0.05, 0.1) is 23.6 Å². The molecule has 0 saturated heterocycles. The number of para-hydroxylation sites is 1. The highest BCUT2D eigenvalue weighted by Gasteiger charge is 2.67. The van der Waals surface area contributed by atoms with Gasteiger partial charge < -0.3 is 50.2 Å². The molecule has 0 bridgehead atoms. The number of hydrogen-bond donors (Lipinski definition) is 6. The Labute approximate surface area is 277 Å². The molecule has 2 heterocycles. The van der Waals surface area contributed by atoms with Crippen molar-refractivity contribution < 1.29 is 58.9 Å². The van der Waals surface area contributed by atoms with E-state index in [0.717, 1.165) is 0 Å². The first-order chi connectivity index (χ1) is 23.4. The molecule has 5 atom stereocenters. The molecule has 3 aromatic rings. The zero-order chi connectivity index (χ0) is 34.7. The van der Waals surface area contributed by atoms with Crippen LogP contribution in [0.15, 0.2) is 59.4 Å². The Morgan fingerprint density at radius 1 is 0.918 bits per heavy atom. The number of ether oxygens (including phenoxy) is 4. The van der Waals surface area contributed by atoms with Crippen LogP contribution in [0.3, 0.4) is 0 Å². The molecule has 5 aliphatic rings. The number of benzene rings is 3. The Morgan fingerprint density at radius 2 is 1.63 bits per heavy atom. The number of rotatable bonds is 4. The molecule has 3 aliphatic carbocycles. The van der Waals surface area contributed by atoms with E-state index in [0.29, 0.717) is 39.7 Å². The molecule has 0 unspecified atom stereocenters. The van der Waals surface area contributed by atoms with Crippen LogP contribution in [0.5, 0.6) is 28.7 Å². The minimum absolute atomic E-state index is 0.00935. The van der Waals surface area contributed by atoms with Crippen LogP contribution in [0.25, 0.3) is 28.0 Å². The third-order valence-electron chi connectivity index (χ3n) is 9.95.